The summed E-state index contributed by atoms with van der Waals surface area (Å²) in [6.45, 7) is 4.30. The van der Waals surface area contributed by atoms with Gasteiger partial charge in [-0.2, -0.15) is 5.26 Å². The van der Waals surface area contributed by atoms with E-state index < -0.39 is 0 Å². The normalized spacial score (nSPS) is 11.5. The highest BCUT2D eigenvalue weighted by atomic mass is 15.1. The van der Waals surface area contributed by atoms with Crippen molar-refractivity contribution in [1.29, 1.82) is 5.26 Å². The highest BCUT2D eigenvalue weighted by Crippen LogP contribution is 2.45. The van der Waals surface area contributed by atoms with Crippen LogP contribution in [0.5, 0.6) is 0 Å². The average molecular weight is 845 g/mol. The monoisotopic (exact) mass is 844 g/mol. The molecule has 0 bridgehead atoms. The number of hydrogen-bond acceptors (Lipinski definition) is 4. The van der Waals surface area contributed by atoms with Gasteiger partial charge >= 0.3 is 0 Å². The van der Waals surface area contributed by atoms with E-state index in [9.17, 15) is 5.26 Å². The van der Waals surface area contributed by atoms with Gasteiger partial charge in [0.25, 0.3) is 0 Å². The van der Waals surface area contributed by atoms with Crippen LogP contribution in [0.1, 0.15) is 16.7 Å². The molecule has 66 heavy (non-hydrogen) atoms. The largest absolute Gasteiger partial charge is 0.309 e. The van der Waals surface area contributed by atoms with E-state index in [2.05, 4.69) is 181 Å². The smallest absolute Gasteiger partial charge is 0.166 e. The number of aromatic nitrogens is 5. The van der Waals surface area contributed by atoms with Gasteiger partial charge in [-0.05, 0) is 97.3 Å². The molecule has 3 heterocycles. The Kier molecular flexibility index (Phi) is 9.22. The van der Waals surface area contributed by atoms with Crippen LogP contribution in [0, 0.1) is 25.2 Å². The molecule has 0 unspecified atom stereocenters. The maximum Gasteiger partial charge on any atom is 0.166 e. The molecular weight excluding hydrogens is 805 g/mol. The first-order valence-corrected chi connectivity index (χ1v) is 22.2. The summed E-state index contributed by atoms with van der Waals surface area (Å²) in [5, 5.41) is 14.7. The highest BCUT2D eigenvalue weighted by molar-refractivity contribution is 6.12. The SMILES string of the molecule is Cc1ccc2c(c1)c1ccccc1n2-c1ccc(-c2cccc(C#N)c2)cc1-c1cccc(-n2c3ccccc3c3cc(C)ccc32)c1-c1nc(-c2ccccc2)nc(-c2ccccc2)n1. The number of hydrogen-bond donors (Lipinski definition) is 0. The van der Waals surface area contributed by atoms with Crippen LogP contribution in [-0.4, -0.2) is 24.1 Å². The Morgan fingerprint density at radius 1 is 0.364 bits per heavy atom. The van der Waals surface area contributed by atoms with Gasteiger partial charge in [-0.25, -0.2) is 15.0 Å². The lowest BCUT2D eigenvalue weighted by atomic mass is 9.92. The molecule has 0 saturated carbocycles. The third kappa shape index (κ3) is 6.45. The van der Waals surface area contributed by atoms with Gasteiger partial charge in [0.1, 0.15) is 0 Å². The molecule has 0 N–H and O–H groups in total. The van der Waals surface area contributed by atoms with E-state index in [4.69, 9.17) is 15.0 Å². The van der Waals surface area contributed by atoms with Gasteiger partial charge in [0.2, 0.25) is 0 Å². The van der Waals surface area contributed by atoms with Gasteiger partial charge in [-0.1, -0.05) is 151 Å². The van der Waals surface area contributed by atoms with Crippen molar-refractivity contribution < 1.29 is 0 Å². The summed E-state index contributed by atoms with van der Waals surface area (Å²) in [6, 6.07) is 74.4. The summed E-state index contributed by atoms with van der Waals surface area (Å²) in [5.41, 5.74) is 15.8. The third-order valence-electron chi connectivity index (χ3n) is 12.7. The molecule has 0 spiro atoms. The van der Waals surface area contributed by atoms with E-state index in [0.717, 1.165) is 72.4 Å². The Morgan fingerprint density at radius 2 is 0.864 bits per heavy atom. The Labute approximate surface area is 382 Å². The van der Waals surface area contributed by atoms with E-state index >= 15 is 0 Å². The van der Waals surface area contributed by atoms with Gasteiger partial charge in [-0.15, -0.1) is 0 Å². The number of fused-ring (bicyclic) bond motifs is 6. The molecule has 0 aliphatic heterocycles. The fraction of sp³-hybridized carbons (Fsp3) is 0.0333. The van der Waals surface area contributed by atoms with Gasteiger partial charge in [0.15, 0.2) is 17.5 Å². The lowest BCUT2D eigenvalue weighted by Crippen LogP contribution is -2.06. The predicted octanol–water partition coefficient (Wildman–Crippen LogP) is 14.9. The second-order valence-corrected chi connectivity index (χ2v) is 16.9. The van der Waals surface area contributed by atoms with Gasteiger partial charge in [0, 0.05) is 38.2 Å². The van der Waals surface area contributed by atoms with Crippen LogP contribution in [-0.2, 0) is 0 Å². The van der Waals surface area contributed by atoms with E-state index in [0.29, 0.717) is 23.0 Å². The topological polar surface area (TPSA) is 72.3 Å². The van der Waals surface area contributed by atoms with Gasteiger partial charge in [-0.3, -0.25) is 0 Å². The molecule has 0 atom stereocenters. The van der Waals surface area contributed by atoms with E-state index in [1.807, 2.05) is 54.6 Å². The van der Waals surface area contributed by atoms with Gasteiger partial charge < -0.3 is 9.13 Å². The number of rotatable bonds is 7. The van der Waals surface area contributed by atoms with Crippen LogP contribution in [0.4, 0.5) is 0 Å². The molecule has 6 heteroatoms. The Hall–Kier alpha value is -8.92. The number of nitrogens with zero attached hydrogens (tertiary/aromatic N) is 6. The number of nitriles is 1. The Balaban J connectivity index is 1.25. The van der Waals surface area contributed by atoms with Crippen LogP contribution in [0.15, 0.2) is 206 Å². The first kappa shape index (κ1) is 38.7. The van der Waals surface area contributed by atoms with Gasteiger partial charge in [0.05, 0.1) is 50.6 Å². The Bertz CT molecular complexity index is 3850. The molecular formula is C60H40N6. The fourth-order valence-corrected chi connectivity index (χ4v) is 9.69. The van der Waals surface area contributed by atoms with Crippen molar-refractivity contribution >= 4 is 43.6 Å². The second-order valence-electron chi connectivity index (χ2n) is 16.9. The summed E-state index contributed by atoms with van der Waals surface area (Å²) in [4.78, 5) is 16.1. The van der Waals surface area contributed by atoms with Crippen LogP contribution >= 0.6 is 0 Å². The molecule has 0 radical (unpaired) electrons. The lowest BCUT2D eigenvalue weighted by Gasteiger charge is -2.21. The van der Waals surface area contributed by atoms with Crippen molar-refractivity contribution in [2.75, 3.05) is 0 Å². The molecule has 0 amide bonds. The summed E-state index contributed by atoms with van der Waals surface area (Å²) in [5.74, 6) is 1.71. The molecule has 0 aliphatic rings. The zero-order valence-electron chi connectivity index (χ0n) is 36.3. The van der Waals surface area contributed by atoms with Crippen molar-refractivity contribution in [3.05, 3.63) is 223 Å². The van der Waals surface area contributed by atoms with E-state index in [1.54, 1.807) is 0 Å². The molecule has 0 saturated heterocycles. The molecule has 9 aromatic carbocycles. The minimum atomic E-state index is 0.548. The summed E-state index contributed by atoms with van der Waals surface area (Å²) >= 11 is 0. The highest BCUT2D eigenvalue weighted by Gasteiger charge is 2.26. The number of benzene rings is 9. The summed E-state index contributed by atoms with van der Waals surface area (Å²) in [7, 11) is 0. The Morgan fingerprint density at radius 3 is 1.47 bits per heavy atom. The molecule has 310 valence electrons. The van der Waals surface area contributed by atoms with Crippen LogP contribution in [0.25, 0.3) is 111 Å². The molecule has 0 fully saturated rings. The van der Waals surface area contributed by atoms with E-state index in [-0.39, 0.29) is 0 Å². The minimum Gasteiger partial charge on any atom is -0.309 e. The van der Waals surface area contributed by atoms with Crippen molar-refractivity contribution in [2.45, 2.75) is 13.8 Å². The molecule has 0 aliphatic carbocycles. The average Bonchev–Trinajstić information content (AvgIpc) is 3.88. The first-order valence-electron chi connectivity index (χ1n) is 22.2. The maximum absolute atomic E-state index is 10.0. The maximum atomic E-state index is 10.0. The van der Waals surface area contributed by atoms with Crippen molar-refractivity contribution in [3.8, 4) is 73.9 Å². The van der Waals surface area contributed by atoms with Crippen LogP contribution in [0.3, 0.4) is 0 Å². The zero-order valence-corrected chi connectivity index (χ0v) is 36.3. The van der Waals surface area contributed by atoms with Crippen molar-refractivity contribution in [1.82, 2.24) is 24.1 Å². The minimum absolute atomic E-state index is 0.548. The van der Waals surface area contributed by atoms with Crippen LogP contribution in [0.2, 0.25) is 0 Å². The van der Waals surface area contributed by atoms with Crippen LogP contribution < -0.4 is 0 Å². The standard InChI is InChI=1S/C60H40N6/c1-38-27-30-53-48(33-38)45-21-9-11-24-51(45)65(53)55-32-29-44(43-20-13-15-40(35-43)37-61)36-50(55)47-23-14-26-56(66-52-25-12-10-22-46(52)49-34-39(2)28-31-54(49)66)57(47)60-63-58(41-16-5-3-6-17-41)62-59(64-60)42-18-7-4-8-19-42/h3-36H,1-2H3. The number of aryl methyl sites for hydroxylation is 2. The van der Waals surface area contributed by atoms with Crippen molar-refractivity contribution in [2.24, 2.45) is 0 Å². The molecule has 12 rings (SSSR count). The number of para-hydroxylation sites is 2. The van der Waals surface area contributed by atoms with E-state index in [1.165, 1.54) is 32.7 Å². The molecule has 6 nitrogen and oxygen atoms in total. The summed E-state index contributed by atoms with van der Waals surface area (Å²) < 4.78 is 4.77. The second kappa shape index (κ2) is 15.7. The van der Waals surface area contributed by atoms with Crippen molar-refractivity contribution in [3.63, 3.8) is 0 Å². The fourth-order valence-electron chi connectivity index (χ4n) is 9.69. The summed E-state index contributed by atoms with van der Waals surface area (Å²) in [6.07, 6.45) is 0. The first-order chi connectivity index (χ1) is 32.5. The third-order valence-corrected chi connectivity index (χ3v) is 12.7. The zero-order chi connectivity index (χ0) is 44.3. The predicted molar refractivity (Wildman–Crippen MR) is 270 cm³/mol. The lowest BCUT2D eigenvalue weighted by molar-refractivity contribution is 1.06. The molecule has 12 aromatic rings. The molecule has 3 aromatic heterocycles. The quantitative estimate of drug-likeness (QED) is 0.160.